The normalized spacial score (nSPS) is 21.7. The third-order valence-electron chi connectivity index (χ3n) is 5.75. The van der Waals surface area contributed by atoms with Crippen LogP contribution in [0.5, 0.6) is 11.5 Å². The lowest BCUT2D eigenvalue weighted by Gasteiger charge is -2.43. The number of hydrogen-bond acceptors (Lipinski definition) is 12. The van der Waals surface area contributed by atoms with Gasteiger partial charge in [0.1, 0.15) is 24.2 Å². The molecule has 1 aliphatic heterocycles. The highest BCUT2D eigenvalue weighted by atomic mass is 35.5. The summed E-state index contributed by atoms with van der Waals surface area (Å²) in [5, 5.41) is 11.1. The van der Waals surface area contributed by atoms with Crippen molar-refractivity contribution < 1.29 is 57.5 Å². The minimum Gasteiger partial charge on any atom is -0.507 e. The average Bonchev–Trinajstić information content (AvgIpc) is 2.87. The summed E-state index contributed by atoms with van der Waals surface area (Å²) >= 11 is 5.89. The van der Waals surface area contributed by atoms with Crippen molar-refractivity contribution in [1.29, 1.82) is 0 Å². The summed E-state index contributed by atoms with van der Waals surface area (Å²) in [5.74, 6) is -3.80. The molecule has 1 fully saturated rings. The highest BCUT2D eigenvalue weighted by molar-refractivity contribution is 6.30. The van der Waals surface area contributed by atoms with Crippen LogP contribution in [0.3, 0.4) is 0 Å². The fraction of sp³-hybridized carbons (Fsp3) is 0.393. The van der Waals surface area contributed by atoms with Gasteiger partial charge in [-0.15, -0.1) is 0 Å². The number of aromatic hydroxyl groups is 1. The van der Waals surface area contributed by atoms with Gasteiger partial charge in [0, 0.05) is 45.2 Å². The molecule has 2 aromatic rings. The number of benzene rings is 2. The number of phenolic OH excluding ortho intramolecular Hbond substituents is 1. The van der Waals surface area contributed by atoms with E-state index in [0.29, 0.717) is 10.6 Å². The highest BCUT2D eigenvalue weighted by Gasteiger charge is 2.53. The van der Waals surface area contributed by atoms with E-state index in [0.717, 1.165) is 33.8 Å². The molecule has 5 atom stereocenters. The molecule has 220 valence electrons. The molecule has 0 aromatic heterocycles. The SMILES string of the molecule is CC(=O)OC[C@@H]1O[C@@H](Oc2ccc(C(=O)Cc3ccc(Cl)cc3)c(O)c2)[C@H](OC(C)=O)[C@@H](OC(C)=O)[C@@H]1OC(C)=O. The monoisotopic (exact) mass is 592 g/mol. The molecular formula is C28H29ClO12. The molecular weight excluding hydrogens is 564 g/mol. The standard InChI is InChI=1S/C28H29ClO12/c1-14(30)36-13-24-25(37-15(2)31)26(38-16(3)32)27(39-17(4)33)28(41-24)40-20-9-10-21(23(35)12-20)22(34)11-18-5-7-19(29)8-6-18/h5-10,12,24-28,35H,11,13H2,1-4H3/t24-,25+,26-,27+,28+/m0/s1. The average molecular weight is 593 g/mol. The van der Waals surface area contributed by atoms with E-state index in [9.17, 15) is 29.1 Å². The molecule has 0 aliphatic carbocycles. The summed E-state index contributed by atoms with van der Waals surface area (Å²) in [6.07, 6.45) is -6.93. The lowest BCUT2D eigenvalue weighted by atomic mass is 9.98. The molecule has 0 saturated carbocycles. The molecule has 0 radical (unpaired) electrons. The van der Waals surface area contributed by atoms with Gasteiger partial charge in [-0.1, -0.05) is 23.7 Å². The highest BCUT2D eigenvalue weighted by Crippen LogP contribution is 2.33. The van der Waals surface area contributed by atoms with Crippen LogP contribution in [-0.2, 0) is 49.3 Å². The van der Waals surface area contributed by atoms with E-state index in [-0.39, 0.29) is 23.5 Å². The van der Waals surface area contributed by atoms with Crippen LogP contribution >= 0.6 is 11.6 Å². The summed E-state index contributed by atoms with van der Waals surface area (Å²) in [5.41, 5.74) is 0.713. The molecule has 41 heavy (non-hydrogen) atoms. The van der Waals surface area contributed by atoms with Crippen molar-refractivity contribution in [1.82, 2.24) is 0 Å². The second-order valence-electron chi connectivity index (χ2n) is 9.09. The molecule has 0 spiro atoms. The Morgan fingerprint density at radius 2 is 1.39 bits per heavy atom. The van der Waals surface area contributed by atoms with Gasteiger partial charge in [-0.05, 0) is 29.8 Å². The van der Waals surface area contributed by atoms with Crippen LogP contribution in [-0.4, -0.2) is 72.1 Å². The number of hydrogen-bond donors (Lipinski definition) is 1. The topological polar surface area (TPSA) is 161 Å². The van der Waals surface area contributed by atoms with E-state index in [2.05, 4.69) is 0 Å². The number of Topliss-reactive ketones (excluding diaryl/α,β-unsaturated/α-hetero) is 1. The van der Waals surface area contributed by atoms with Crippen LogP contribution in [0.1, 0.15) is 43.6 Å². The van der Waals surface area contributed by atoms with Gasteiger partial charge in [0.05, 0.1) is 5.56 Å². The number of carbonyl (C=O) groups is 5. The first kappa shape index (κ1) is 31.4. The minimum atomic E-state index is -1.49. The summed E-state index contributed by atoms with van der Waals surface area (Å²) in [7, 11) is 0. The fourth-order valence-electron chi connectivity index (χ4n) is 4.12. The van der Waals surface area contributed by atoms with Gasteiger partial charge in [0.15, 0.2) is 18.0 Å². The molecule has 13 heteroatoms. The van der Waals surface area contributed by atoms with Crippen LogP contribution in [0.15, 0.2) is 42.5 Å². The number of rotatable bonds is 10. The molecule has 1 saturated heterocycles. The predicted octanol–water partition coefficient (Wildman–Crippen LogP) is 2.93. The maximum Gasteiger partial charge on any atom is 0.303 e. The Kier molecular flexibility index (Phi) is 10.7. The molecule has 1 heterocycles. The summed E-state index contributed by atoms with van der Waals surface area (Å²) < 4.78 is 32.8. The Bertz CT molecular complexity index is 1290. The molecule has 2 aromatic carbocycles. The predicted molar refractivity (Wildman–Crippen MR) is 140 cm³/mol. The van der Waals surface area contributed by atoms with Crippen LogP contribution < -0.4 is 4.74 Å². The Balaban J connectivity index is 1.90. The largest absolute Gasteiger partial charge is 0.507 e. The van der Waals surface area contributed by atoms with Crippen molar-refractivity contribution in [2.75, 3.05) is 6.61 Å². The number of esters is 4. The Morgan fingerprint density at radius 1 is 0.805 bits per heavy atom. The van der Waals surface area contributed by atoms with Gasteiger partial charge in [0.25, 0.3) is 0 Å². The second-order valence-corrected chi connectivity index (χ2v) is 9.53. The maximum atomic E-state index is 12.8. The van der Waals surface area contributed by atoms with Crippen molar-refractivity contribution in [3.05, 3.63) is 58.6 Å². The van der Waals surface area contributed by atoms with Gasteiger partial charge < -0.3 is 33.5 Å². The number of ether oxygens (including phenoxy) is 6. The molecule has 0 bridgehead atoms. The number of halogens is 1. The van der Waals surface area contributed by atoms with Gasteiger partial charge in [-0.3, -0.25) is 24.0 Å². The van der Waals surface area contributed by atoms with E-state index in [1.165, 1.54) is 12.1 Å². The zero-order valence-electron chi connectivity index (χ0n) is 22.7. The molecule has 3 rings (SSSR count). The van der Waals surface area contributed by atoms with Crippen LogP contribution in [0, 0.1) is 0 Å². The Hall–Kier alpha value is -4.16. The summed E-state index contributed by atoms with van der Waals surface area (Å²) in [6.45, 7) is 4.03. The van der Waals surface area contributed by atoms with E-state index in [1.54, 1.807) is 24.3 Å². The third kappa shape index (κ3) is 8.92. The van der Waals surface area contributed by atoms with Gasteiger partial charge in [-0.25, -0.2) is 0 Å². The number of carbonyl (C=O) groups excluding carboxylic acids is 5. The van der Waals surface area contributed by atoms with Crippen molar-refractivity contribution in [3.63, 3.8) is 0 Å². The molecule has 0 amide bonds. The smallest absolute Gasteiger partial charge is 0.303 e. The number of phenols is 1. The quantitative estimate of drug-likeness (QED) is 0.244. The Morgan fingerprint density at radius 3 is 1.95 bits per heavy atom. The van der Waals surface area contributed by atoms with Crippen LogP contribution in [0.25, 0.3) is 0 Å². The lowest BCUT2D eigenvalue weighted by molar-refractivity contribution is -0.288. The molecule has 1 aliphatic rings. The van der Waals surface area contributed by atoms with Crippen molar-refractivity contribution in [2.24, 2.45) is 0 Å². The van der Waals surface area contributed by atoms with Crippen LogP contribution in [0.4, 0.5) is 0 Å². The van der Waals surface area contributed by atoms with Gasteiger partial charge >= 0.3 is 23.9 Å². The third-order valence-corrected chi connectivity index (χ3v) is 6.00. The molecule has 12 nitrogen and oxygen atoms in total. The van der Waals surface area contributed by atoms with E-state index < -0.39 is 66.9 Å². The van der Waals surface area contributed by atoms with Gasteiger partial charge in [-0.2, -0.15) is 0 Å². The maximum absolute atomic E-state index is 12.8. The first-order valence-corrected chi connectivity index (χ1v) is 12.8. The summed E-state index contributed by atoms with van der Waals surface area (Å²) in [4.78, 5) is 60.1. The first-order valence-electron chi connectivity index (χ1n) is 12.4. The minimum absolute atomic E-state index is 0.00459. The zero-order valence-corrected chi connectivity index (χ0v) is 23.4. The van der Waals surface area contributed by atoms with Crippen LogP contribution in [0.2, 0.25) is 5.02 Å². The van der Waals surface area contributed by atoms with E-state index in [4.69, 9.17) is 40.0 Å². The van der Waals surface area contributed by atoms with Gasteiger partial charge in [0.2, 0.25) is 12.4 Å². The zero-order chi connectivity index (χ0) is 30.3. The summed E-state index contributed by atoms with van der Waals surface area (Å²) in [6, 6.07) is 10.6. The first-order chi connectivity index (χ1) is 19.3. The van der Waals surface area contributed by atoms with Crippen molar-refractivity contribution in [3.8, 4) is 11.5 Å². The van der Waals surface area contributed by atoms with Crippen molar-refractivity contribution >= 4 is 41.3 Å². The fourth-order valence-corrected chi connectivity index (χ4v) is 4.25. The second kappa shape index (κ2) is 14.0. The molecule has 1 N–H and O–H groups in total. The number of ketones is 1. The van der Waals surface area contributed by atoms with E-state index >= 15 is 0 Å². The van der Waals surface area contributed by atoms with E-state index in [1.807, 2.05) is 0 Å². The Labute approximate surface area is 240 Å². The van der Waals surface area contributed by atoms with Crippen molar-refractivity contribution in [2.45, 2.75) is 64.8 Å². The molecule has 0 unspecified atom stereocenters. The lowest BCUT2D eigenvalue weighted by Crippen LogP contribution is -2.63.